The van der Waals surface area contributed by atoms with Crippen molar-refractivity contribution in [2.45, 2.75) is 31.9 Å². The fourth-order valence-electron chi connectivity index (χ4n) is 4.51. The second-order valence-electron chi connectivity index (χ2n) is 7.23. The number of fused-ring (bicyclic) bond motifs is 4. The predicted octanol–water partition coefficient (Wildman–Crippen LogP) is 4.31. The zero-order valence-corrected chi connectivity index (χ0v) is 14.4. The van der Waals surface area contributed by atoms with E-state index in [9.17, 15) is 0 Å². The van der Waals surface area contributed by atoms with Crippen molar-refractivity contribution in [2.24, 2.45) is 5.92 Å². The molecule has 0 radical (unpaired) electrons. The number of nitrogens with zero attached hydrogens (tertiary/aromatic N) is 2. The zero-order valence-electron chi connectivity index (χ0n) is 14.4. The molecule has 25 heavy (non-hydrogen) atoms. The highest BCUT2D eigenvalue weighted by Gasteiger charge is 2.41. The Labute approximate surface area is 147 Å². The summed E-state index contributed by atoms with van der Waals surface area (Å²) >= 11 is 0. The summed E-state index contributed by atoms with van der Waals surface area (Å²) in [4.78, 5) is 7.13. The van der Waals surface area contributed by atoms with Crippen LogP contribution in [-0.4, -0.2) is 35.1 Å². The van der Waals surface area contributed by atoms with Crippen LogP contribution < -0.4 is 4.74 Å². The largest absolute Gasteiger partial charge is 0.472 e. The third-order valence-electron chi connectivity index (χ3n) is 5.94. The van der Waals surface area contributed by atoms with E-state index in [1.165, 1.54) is 31.5 Å². The zero-order chi connectivity index (χ0) is 16.8. The van der Waals surface area contributed by atoms with Gasteiger partial charge in [-0.1, -0.05) is 12.1 Å². The van der Waals surface area contributed by atoms with E-state index >= 15 is 0 Å². The summed E-state index contributed by atoms with van der Waals surface area (Å²) in [6.45, 7) is 4.70. The van der Waals surface area contributed by atoms with Gasteiger partial charge in [0.05, 0.1) is 12.5 Å². The molecule has 0 N–H and O–H groups in total. The van der Waals surface area contributed by atoms with E-state index in [2.05, 4.69) is 35.0 Å². The first-order valence-corrected chi connectivity index (χ1v) is 9.12. The third kappa shape index (κ3) is 2.44. The second kappa shape index (κ2) is 5.88. The molecule has 128 valence electrons. The molecule has 3 fully saturated rings. The highest BCUT2D eigenvalue weighted by Crippen LogP contribution is 2.41. The van der Waals surface area contributed by atoms with Crippen molar-refractivity contribution in [3.05, 3.63) is 49.1 Å². The van der Waals surface area contributed by atoms with E-state index in [1.807, 2.05) is 18.3 Å². The monoisotopic (exact) mass is 334 g/mol. The minimum absolute atomic E-state index is 0.224. The van der Waals surface area contributed by atoms with Crippen molar-refractivity contribution >= 4 is 0 Å². The van der Waals surface area contributed by atoms with Crippen LogP contribution in [0.4, 0.5) is 0 Å². The highest BCUT2D eigenvalue weighted by atomic mass is 16.5. The van der Waals surface area contributed by atoms with E-state index in [1.54, 1.807) is 12.5 Å². The number of aromatic nitrogens is 1. The molecule has 0 spiro atoms. The lowest BCUT2D eigenvalue weighted by molar-refractivity contribution is -0.0522. The summed E-state index contributed by atoms with van der Waals surface area (Å²) in [6.07, 6.45) is 8.02. The fourth-order valence-corrected chi connectivity index (χ4v) is 4.51. The van der Waals surface area contributed by atoms with Gasteiger partial charge in [0.2, 0.25) is 5.88 Å². The van der Waals surface area contributed by atoms with Crippen molar-refractivity contribution in [1.29, 1.82) is 0 Å². The first-order chi connectivity index (χ1) is 12.3. The molecule has 0 aromatic carbocycles. The van der Waals surface area contributed by atoms with Crippen LogP contribution >= 0.6 is 0 Å². The summed E-state index contributed by atoms with van der Waals surface area (Å²) < 4.78 is 11.9. The molecule has 0 saturated carbocycles. The van der Waals surface area contributed by atoms with Gasteiger partial charge in [0.15, 0.2) is 0 Å². The first-order valence-electron chi connectivity index (χ1n) is 9.12. The number of pyridine rings is 1. The molecule has 1 aromatic rings. The number of rotatable bonds is 3. The smallest absolute Gasteiger partial charge is 0.221 e. The van der Waals surface area contributed by atoms with Gasteiger partial charge >= 0.3 is 0 Å². The average molecular weight is 334 g/mol. The number of hydrogen-bond acceptors (Lipinski definition) is 4. The van der Waals surface area contributed by atoms with Gasteiger partial charge in [-0.15, -0.1) is 0 Å². The molecular weight excluding hydrogens is 312 g/mol. The Kier molecular flexibility index (Phi) is 3.52. The molecule has 6 rings (SSSR count). The van der Waals surface area contributed by atoms with Crippen LogP contribution in [0.25, 0.3) is 22.3 Å². The molecule has 2 unspecified atom stereocenters. The molecule has 5 aliphatic rings. The van der Waals surface area contributed by atoms with Gasteiger partial charge in [-0.3, -0.25) is 4.90 Å². The van der Waals surface area contributed by atoms with Crippen LogP contribution in [0, 0.1) is 5.92 Å². The SMILES string of the molecule is CC1C(Oc2ncccc2-c2ccc3ccocc2-3)C2CCN1CC2. The van der Waals surface area contributed by atoms with Crippen LogP contribution in [0.2, 0.25) is 0 Å². The van der Waals surface area contributed by atoms with Gasteiger partial charge in [0.25, 0.3) is 0 Å². The van der Waals surface area contributed by atoms with Crippen molar-refractivity contribution in [1.82, 2.24) is 9.88 Å². The summed E-state index contributed by atoms with van der Waals surface area (Å²) in [5, 5.41) is 0. The van der Waals surface area contributed by atoms with E-state index in [0.717, 1.165) is 22.6 Å². The van der Waals surface area contributed by atoms with Crippen LogP contribution in [0.15, 0.2) is 53.5 Å². The van der Waals surface area contributed by atoms with Crippen molar-refractivity contribution in [3.8, 4) is 28.1 Å². The number of ether oxygens (including phenoxy) is 1. The van der Waals surface area contributed by atoms with Crippen LogP contribution in [0.3, 0.4) is 0 Å². The number of piperidine rings is 3. The Morgan fingerprint density at radius 3 is 2.80 bits per heavy atom. The van der Waals surface area contributed by atoms with E-state index in [4.69, 9.17) is 9.15 Å². The second-order valence-corrected chi connectivity index (χ2v) is 7.23. The molecule has 2 atom stereocenters. The van der Waals surface area contributed by atoms with Gasteiger partial charge in [-0.2, -0.15) is 0 Å². The van der Waals surface area contributed by atoms with E-state index < -0.39 is 0 Å². The molecule has 4 aliphatic heterocycles. The molecule has 5 heterocycles. The van der Waals surface area contributed by atoms with Gasteiger partial charge < -0.3 is 9.15 Å². The van der Waals surface area contributed by atoms with Crippen molar-refractivity contribution in [3.63, 3.8) is 0 Å². The molecular formula is C21H22N2O2. The predicted molar refractivity (Wildman–Crippen MR) is 96.7 cm³/mol. The summed E-state index contributed by atoms with van der Waals surface area (Å²) in [5.74, 6) is 1.38. The van der Waals surface area contributed by atoms with Gasteiger partial charge in [-0.05, 0) is 68.1 Å². The van der Waals surface area contributed by atoms with Gasteiger partial charge in [0, 0.05) is 23.4 Å². The van der Waals surface area contributed by atoms with Crippen LogP contribution in [-0.2, 0) is 0 Å². The van der Waals surface area contributed by atoms with Gasteiger partial charge in [0.1, 0.15) is 6.10 Å². The van der Waals surface area contributed by atoms with E-state index in [-0.39, 0.29) is 6.10 Å². The molecule has 2 bridgehead atoms. The lowest BCUT2D eigenvalue weighted by atomic mass is 9.81. The maximum atomic E-state index is 6.52. The molecule has 0 amide bonds. The molecule has 1 aromatic heterocycles. The minimum atomic E-state index is 0.224. The fraction of sp³-hybridized carbons (Fsp3) is 0.381. The van der Waals surface area contributed by atoms with E-state index in [0.29, 0.717) is 12.0 Å². The minimum Gasteiger partial charge on any atom is -0.472 e. The lowest BCUT2D eigenvalue weighted by Gasteiger charge is -2.49. The van der Waals surface area contributed by atoms with Crippen LogP contribution in [0.5, 0.6) is 5.88 Å². The van der Waals surface area contributed by atoms with Gasteiger partial charge in [-0.25, -0.2) is 4.98 Å². The summed E-state index contributed by atoms with van der Waals surface area (Å²) in [6, 6.07) is 10.8. The Morgan fingerprint density at radius 2 is 1.96 bits per heavy atom. The lowest BCUT2D eigenvalue weighted by Crippen LogP contribution is -2.58. The summed E-state index contributed by atoms with van der Waals surface area (Å²) in [7, 11) is 0. The summed E-state index contributed by atoms with van der Waals surface area (Å²) in [5.41, 5.74) is 4.44. The number of hydrogen-bond donors (Lipinski definition) is 0. The quantitative estimate of drug-likeness (QED) is 0.715. The highest BCUT2D eigenvalue weighted by molar-refractivity contribution is 5.87. The Morgan fingerprint density at radius 1 is 1.08 bits per heavy atom. The maximum Gasteiger partial charge on any atom is 0.221 e. The Bertz CT molecular complexity index is 849. The Hall–Kier alpha value is -2.33. The average Bonchev–Trinajstić information content (AvgIpc) is 3.09. The molecule has 1 aliphatic carbocycles. The van der Waals surface area contributed by atoms with Crippen molar-refractivity contribution in [2.75, 3.05) is 13.1 Å². The Balaban J connectivity index is 1.51. The maximum absolute atomic E-state index is 6.52. The first kappa shape index (κ1) is 15.0. The normalized spacial score (nSPS) is 28.4. The molecule has 4 heteroatoms. The van der Waals surface area contributed by atoms with Crippen LogP contribution in [0.1, 0.15) is 19.8 Å². The standard InChI is InChI=1S/C21H22N2O2/c1-14-20(16-6-10-23(14)11-7-16)25-21-18(3-2-9-22-21)17-5-4-15-8-12-24-13-19(15)17/h2-5,8-9,12-14,16,20H,6-7,10-11H2,1H3. The molecule has 3 saturated heterocycles. The van der Waals surface area contributed by atoms with Crippen molar-refractivity contribution < 1.29 is 9.15 Å². The topological polar surface area (TPSA) is 38.5 Å². The molecule has 4 nitrogen and oxygen atoms in total. The third-order valence-corrected chi connectivity index (χ3v) is 5.94.